The van der Waals surface area contributed by atoms with E-state index in [0.717, 1.165) is 25.7 Å². The van der Waals surface area contributed by atoms with Gasteiger partial charge in [-0.3, -0.25) is 0 Å². The minimum absolute atomic E-state index is 0.00152. The average Bonchev–Trinajstić information content (AvgIpc) is 3.26. The molecule has 3 heterocycles. The van der Waals surface area contributed by atoms with Gasteiger partial charge in [0.25, 0.3) is 5.89 Å². The lowest BCUT2D eigenvalue weighted by molar-refractivity contribution is -0.0680. The van der Waals surface area contributed by atoms with Crippen LogP contribution in [0, 0.1) is 12.7 Å². The van der Waals surface area contributed by atoms with Crippen LogP contribution < -0.4 is 0 Å². The van der Waals surface area contributed by atoms with Gasteiger partial charge in [0.1, 0.15) is 17.5 Å². The van der Waals surface area contributed by atoms with Gasteiger partial charge in [-0.2, -0.15) is 4.98 Å². The summed E-state index contributed by atoms with van der Waals surface area (Å²) in [6.07, 6.45) is 2.80. The lowest BCUT2D eigenvalue weighted by Crippen LogP contribution is -2.50. The second-order valence-corrected chi connectivity index (χ2v) is 9.56. The van der Waals surface area contributed by atoms with Crippen LogP contribution in [0.15, 0.2) is 22.7 Å². The van der Waals surface area contributed by atoms with Crippen molar-refractivity contribution in [3.05, 3.63) is 35.5 Å². The summed E-state index contributed by atoms with van der Waals surface area (Å²) in [5.41, 5.74) is 0.625. The molecule has 0 spiro atoms. The maximum Gasteiger partial charge on any atom is 0.410 e. The Hall–Kier alpha value is -2.48. The lowest BCUT2D eigenvalue weighted by Gasteiger charge is -2.39. The highest BCUT2D eigenvalue weighted by molar-refractivity contribution is 5.69. The van der Waals surface area contributed by atoms with Gasteiger partial charge in [-0.05, 0) is 71.9 Å². The lowest BCUT2D eigenvalue weighted by atomic mass is 10.00. The number of carbonyl (C=O) groups excluding carboxylic acids is 1. The van der Waals surface area contributed by atoms with Crippen molar-refractivity contribution >= 4 is 6.09 Å². The van der Waals surface area contributed by atoms with Crippen LogP contribution in [0.5, 0.6) is 0 Å². The van der Waals surface area contributed by atoms with Crippen molar-refractivity contribution in [3.63, 3.8) is 0 Å². The molecule has 2 bridgehead atoms. The van der Waals surface area contributed by atoms with Gasteiger partial charge < -0.3 is 18.9 Å². The molecule has 3 atom stereocenters. The highest BCUT2D eigenvalue weighted by atomic mass is 19.1. The van der Waals surface area contributed by atoms with Crippen LogP contribution in [0.1, 0.15) is 70.9 Å². The van der Waals surface area contributed by atoms with E-state index in [1.54, 1.807) is 19.1 Å². The van der Waals surface area contributed by atoms with Crippen LogP contribution in [-0.4, -0.2) is 44.9 Å². The number of halogens is 1. The summed E-state index contributed by atoms with van der Waals surface area (Å²) in [5, 5.41) is 3.98. The molecule has 1 aromatic carbocycles. The molecule has 1 aromatic heterocycles. The van der Waals surface area contributed by atoms with Gasteiger partial charge in [0.05, 0.1) is 6.10 Å². The number of piperidine rings is 1. The number of rotatable bonds is 4. The molecule has 168 valence electrons. The largest absolute Gasteiger partial charge is 0.444 e. The van der Waals surface area contributed by atoms with Gasteiger partial charge in [-0.15, -0.1) is 0 Å². The highest BCUT2D eigenvalue weighted by Gasteiger charge is 2.45. The van der Waals surface area contributed by atoms with Crippen molar-refractivity contribution in [2.75, 3.05) is 0 Å². The number of nitrogens with zero attached hydrogens (tertiary/aromatic N) is 3. The zero-order valence-corrected chi connectivity index (χ0v) is 18.7. The Bertz CT molecular complexity index is 941. The number of hydrogen-bond acceptors (Lipinski definition) is 6. The van der Waals surface area contributed by atoms with E-state index in [1.165, 1.54) is 6.07 Å². The molecule has 2 aliphatic heterocycles. The fourth-order valence-corrected chi connectivity index (χ4v) is 4.45. The molecule has 4 rings (SSSR count). The van der Waals surface area contributed by atoms with Gasteiger partial charge in [0.2, 0.25) is 5.82 Å². The Kier molecular flexibility index (Phi) is 5.77. The van der Waals surface area contributed by atoms with Crippen molar-refractivity contribution in [2.24, 2.45) is 0 Å². The van der Waals surface area contributed by atoms with Crippen molar-refractivity contribution in [2.45, 2.75) is 90.2 Å². The predicted octanol–water partition coefficient (Wildman–Crippen LogP) is 5.19. The van der Waals surface area contributed by atoms with Crippen LogP contribution in [-0.2, 0) is 9.47 Å². The number of aromatic nitrogens is 2. The van der Waals surface area contributed by atoms with E-state index in [-0.39, 0.29) is 30.1 Å². The fourth-order valence-electron chi connectivity index (χ4n) is 4.45. The number of hydrogen-bond donors (Lipinski definition) is 0. The molecular formula is C23H30FN3O4. The second-order valence-electron chi connectivity index (χ2n) is 9.56. The molecule has 0 saturated carbocycles. The van der Waals surface area contributed by atoms with Crippen LogP contribution in [0.25, 0.3) is 11.4 Å². The summed E-state index contributed by atoms with van der Waals surface area (Å²) in [4.78, 5) is 18.9. The van der Waals surface area contributed by atoms with E-state index < -0.39 is 11.7 Å². The van der Waals surface area contributed by atoms with E-state index in [2.05, 4.69) is 10.1 Å². The minimum Gasteiger partial charge on any atom is -0.444 e. The van der Waals surface area contributed by atoms with Crippen molar-refractivity contribution in [3.8, 4) is 11.4 Å². The number of amides is 1. The summed E-state index contributed by atoms with van der Waals surface area (Å²) in [6, 6.07) is 5.11. The number of aryl methyl sites for hydroxylation is 1. The summed E-state index contributed by atoms with van der Waals surface area (Å²) >= 11 is 0. The minimum atomic E-state index is -0.506. The summed E-state index contributed by atoms with van der Waals surface area (Å²) < 4.78 is 31.1. The molecule has 0 radical (unpaired) electrons. The number of fused-ring (bicyclic) bond motifs is 2. The first kappa shape index (κ1) is 21.7. The Morgan fingerprint density at radius 3 is 2.55 bits per heavy atom. The highest BCUT2D eigenvalue weighted by Crippen LogP contribution is 2.39. The third-order valence-electron chi connectivity index (χ3n) is 5.91. The first-order chi connectivity index (χ1) is 14.6. The Balaban J connectivity index is 1.38. The molecule has 7 nitrogen and oxygen atoms in total. The second kappa shape index (κ2) is 8.22. The normalized spacial score (nSPS) is 24.3. The summed E-state index contributed by atoms with van der Waals surface area (Å²) in [6.45, 7) is 9.23. The number of carbonyl (C=O) groups is 1. The molecule has 31 heavy (non-hydrogen) atoms. The van der Waals surface area contributed by atoms with E-state index in [4.69, 9.17) is 14.0 Å². The molecule has 0 N–H and O–H groups in total. The molecule has 2 saturated heterocycles. The zero-order valence-electron chi connectivity index (χ0n) is 18.7. The van der Waals surface area contributed by atoms with Gasteiger partial charge in [0.15, 0.2) is 0 Å². The molecule has 1 amide bonds. The van der Waals surface area contributed by atoms with Gasteiger partial charge >= 0.3 is 6.09 Å². The Morgan fingerprint density at radius 2 is 1.94 bits per heavy atom. The van der Waals surface area contributed by atoms with Gasteiger partial charge in [-0.25, -0.2) is 9.18 Å². The molecule has 2 fully saturated rings. The van der Waals surface area contributed by atoms with E-state index in [1.807, 2.05) is 32.6 Å². The number of ether oxygens (including phenoxy) is 2. The molecule has 2 aromatic rings. The molecule has 2 aliphatic rings. The average molecular weight is 432 g/mol. The Morgan fingerprint density at radius 1 is 1.26 bits per heavy atom. The summed E-state index contributed by atoms with van der Waals surface area (Å²) in [7, 11) is 0. The van der Waals surface area contributed by atoms with Crippen molar-refractivity contribution in [1.82, 2.24) is 15.0 Å². The quantitative estimate of drug-likeness (QED) is 0.663. The smallest absolute Gasteiger partial charge is 0.410 e. The third kappa shape index (κ3) is 4.74. The topological polar surface area (TPSA) is 77.7 Å². The van der Waals surface area contributed by atoms with Crippen LogP contribution in [0.3, 0.4) is 0 Å². The van der Waals surface area contributed by atoms with Gasteiger partial charge in [-0.1, -0.05) is 17.3 Å². The van der Waals surface area contributed by atoms with Crippen molar-refractivity contribution < 1.29 is 23.2 Å². The molecule has 8 heteroatoms. The first-order valence-electron chi connectivity index (χ1n) is 10.9. The van der Waals surface area contributed by atoms with E-state index >= 15 is 0 Å². The maximum absolute atomic E-state index is 13.9. The standard InChI is InChI=1S/C23H30FN3O4/c1-13-6-7-15(10-19(13)24)20-25-21(31-26-20)14(2)29-18-11-16-8-9-17(12-18)27(16)22(28)30-23(3,4)5/h6-7,10,14,16-18H,8-9,11-12H2,1-5H3/t14-,16?,17?,18?/m1/s1. The zero-order chi connectivity index (χ0) is 22.3. The Labute approximate surface area is 181 Å². The first-order valence-corrected chi connectivity index (χ1v) is 10.9. The third-order valence-corrected chi connectivity index (χ3v) is 5.91. The molecular weight excluding hydrogens is 401 g/mol. The van der Waals surface area contributed by atoms with Gasteiger partial charge in [0, 0.05) is 17.6 Å². The summed E-state index contributed by atoms with van der Waals surface area (Å²) in [5.74, 6) is 0.391. The molecule has 0 aliphatic carbocycles. The monoisotopic (exact) mass is 431 g/mol. The number of benzene rings is 1. The molecule has 2 unspecified atom stereocenters. The predicted molar refractivity (Wildman–Crippen MR) is 112 cm³/mol. The van der Waals surface area contributed by atoms with Crippen molar-refractivity contribution in [1.29, 1.82) is 0 Å². The van der Waals surface area contributed by atoms with E-state index in [0.29, 0.717) is 22.8 Å². The maximum atomic E-state index is 13.9. The SMILES string of the molecule is Cc1ccc(-c2noc([C@@H](C)OC3CC4CCC(C3)N4C(=O)OC(C)(C)C)n2)cc1F. The van der Waals surface area contributed by atoms with Crippen LogP contribution in [0.2, 0.25) is 0 Å². The van der Waals surface area contributed by atoms with Crippen LogP contribution in [0.4, 0.5) is 9.18 Å². The van der Waals surface area contributed by atoms with E-state index in [9.17, 15) is 9.18 Å². The van der Waals surface area contributed by atoms with Crippen LogP contribution >= 0.6 is 0 Å². The fraction of sp³-hybridized carbons (Fsp3) is 0.609.